The Morgan fingerprint density at radius 2 is 2.00 bits per heavy atom. The number of hydrogen-bond donors (Lipinski definition) is 0. The summed E-state index contributed by atoms with van der Waals surface area (Å²) in [6.07, 6.45) is 1.26. The van der Waals surface area contributed by atoms with Gasteiger partial charge >= 0.3 is 0 Å². The van der Waals surface area contributed by atoms with Crippen LogP contribution in [-0.2, 0) is 11.4 Å². The molecule has 0 amide bonds. The quantitative estimate of drug-likeness (QED) is 0.507. The number of aryl methyl sites for hydroxylation is 2. The van der Waals surface area contributed by atoms with E-state index in [0.717, 1.165) is 28.0 Å². The van der Waals surface area contributed by atoms with E-state index in [1.54, 1.807) is 0 Å². The summed E-state index contributed by atoms with van der Waals surface area (Å²) in [4.78, 5) is 4.95. The topological polar surface area (TPSA) is 69.7 Å². The van der Waals surface area contributed by atoms with Crippen LogP contribution in [0.5, 0.6) is 5.75 Å². The van der Waals surface area contributed by atoms with Crippen LogP contribution in [0.1, 0.15) is 28.1 Å². The van der Waals surface area contributed by atoms with E-state index in [1.807, 2.05) is 50.2 Å². The highest BCUT2D eigenvalue weighted by atomic mass is 16.6. The number of hydrogen-bond acceptors (Lipinski definition) is 6. The van der Waals surface area contributed by atoms with E-state index >= 15 is 0 Å². The van der Waals surface area contributed by atoms with Crippen LogP contribution < -0.4 is 4.74 Å². The van der Waals surface area contributed by atoms with E-state index in [2.05, 4.69) is 21.4 Å². The van der Waals surface area contributed by atoms with E-state index in [4.69, 9.17) is 14.0 Å². The van der Waals surface area contributed by atoms with Gasteiger partial charge in [-0.1, -0.05) is 41.6 Å². The predicted molar refractivity (Wildman–Crippen MR) is 93.6 cm³/mol. The zero-order chi connectivity index (χ0) is 17.6. The zero-order valence-corrected chi connectivity index (χ0v) is 14.4. The summed E-state index contributed by atoms with van der Waals surface area (Å²) in [7, 11) is 1.48. The molecule has 0 bridgehead atoms. The minimum atomic E-state index is 0.293. The number of aromatic nitrogens is 2. The molecule has 1 aromatic heterocycles. The maximum Gasteiger partial charge on any atom is 0.270 e. The maximum atomic E-state index is 6.03. The summed E-state index contributed by atoms with van der Waals surface area (Å²) in [6, 6.07) is 13.9. The van der Waals surface area contributed by atoms with E-state index in [1.165, 1.54) is 13.5 Å². The van der Waals surface area contributed by atoms with Gasteiger partial charge in [-0.3, -0.25) is 0 Å². The van der Waals surface area contributed by atoms with Crippen molar-refractivity contribution < 1.29 is 14.0 Å². The average Bonchev–Trinajstić information content (AvgIpc) is 3.15. The van der Waals surface area contributed by atoms with Gasteiger partial charge in [0.1, 0.15) is 19.5 Å². The van der Waals surface area contributed by atoms with E-state index in [9.17, 15) is 0 Å². The molecule has 0 N–H and O–H groups in total. The molecule has 0 aliphatic rings. The standard InChI is InChI=1S/C19H19N3O3/c1-13-8-9-14(2)17(10-13)24-11-15-6-4-5-7-16(15)18(22-23-3)19-21-20-12-25-19/h4-10,12H,11H2,1-3H3/b22-18+. The molecule has 0 fully saturated rings. The molecule has 3 rings (SSSR count). The van der Waals surface area contributed by atoms with Crippen molar-refractivity contribution in [2.24, 2.45) is 5.16 Å². The largest absolute Gasteiger partial charge is 0.489 e. The fourth-order valence-electron chi connectivity index (χ4n) is 2.47. The van der Waals surface area contributed by atoms with Crippen molar-refractivity contribution in [2.45, 2.75) is 20.5 Å². The molecule has 128 valence electrons. The highest BCUT2D eigenvalue weighted by molar-refractivity contribution is 6.10. The fraction of sp³-hybridized carbons (Fsp3) is 0.211. The van der Waals surface area contributed by atoms with Gasteiger partial charge in [-0.2, -0.15) is 0 Å². The lowest BCUT2D eigenvalue weighted by Crippen LogP contribution is -2.10. The molecular formula is C19H19N3O3. The fourth-order valence-corrected chi connectivity index (χ4v) is 2.47. The van der Waals surface area contributed by atoms with Crippen molar-refractivity contribution in [1.29, 1.82) is 0 Å². The second-order valence-corrected chi connectivity index (χ2v) is 5.58. The lowest BCUT2D eigenvalue weighted by Gasteiger charge is -2.13. The second kappa shape index (κ2) is 7.61. The van der Waals surface area contributed by atoms with Gasteiger partial charge in [-0.25, -0.2) is 0 Å². The third-order valence-corrected chi connectivity index (χ3v) is 3.74. The number of nitrogens with zero attached hydrogens (tertiary/aromatic N) is 3. The molecule has 0 atom stereocenters. The van der Waals surface area contributed by atoms with Crippen molar-refractivity contribution in [1.82, 2.24) is 10.2 Å². The van der Waals surface area contributed by atoms with Gasteiger partial charge in [0.15, 0.2) is 5.71 Å². The average molecular weight is 337 g/mol. The van der Waals surface area contributed by atoms with E-state index < -0.39 is 0 Å². The van der Waals surface area contributed by atoms with Gasteiger partial charge in [-0.05, 0) is 36.6 Å². The normalized spacial score (nSPS) is 11.4. The molecule has 1 heterocycles. The van der Waals surface area contributed by atoms with Crippen LogP contribution in [0.4, 0.5) is 0 Å². The summed E-state index contributed by atoms with van der Waals surface area (Å²) in [5, 5.41) is 11.7. The molecule has 2 aromatic carbocycles. The molecular weight excluding hydrogens is 318 g/mol. The highest BCUT2D eigenvalue weighted by Gasteiger charge is 2.17. The summed E-state index contributed by atoms with van der Waals surface area (Å²) in [5.74, 6) is 1.15. The van der Waals surface area contributed by atoms with Gasteiger partial charge in [0, 0.05) is 5.56 Å². The van der Waals surface area contributed by atoms with Gasteiger partial charge in [-0.15, -0.1) is 10.2 Å². The first-order valence-electron chi connectivity index (χ1n) is 7.85. The monoisotopic (exact) mass is 337 g/mol. The third-order valence-electron chi connectivity index (χ3n) is 3.74. The Bertz CT molecular complexity index is 873. The van der Waals surface area contributed by atoms with E-state index in [-0.39, 0.29) is 0 Å². The number of oxime groups is 1. The lowest BCUT2D eigenvalue weighted by molar-refractivity contribution is 0.213. The van der Waals surface area contributed by atoms with E-state index in [0.29, 0.717) is 18.2 Å². The highest BCUT2D eigenvalue weighted by Crippen LogP contribution is 2.22. The SMILES string of the molecule is CO/N=C(/c1nnco1)c1ccccc1COc1cc(C)ccc1C. The molecule has 6 nitrogen and oxygen atoms in total. The molecule has 0 aliphatic heterocycles. The minimum Gasteiger partial charge on any atom is -0.489 e. The zero-order valence-electron chi connectivity index (χ0n) is 14.4. The number of ether oxygens (including phenoxy) is 1. The summed E-state index contributed by atoms with van der Waals surface area (Å²) in [5.41, 5.74) is 4.48. The van der Waals surface area contributed by atoms with Crippen LogP contribution in [0, 0.1) is 13.8 Å². The maximum absolute atomic E-state index is 6.03. The molecule has 0 saturated carbocycles. The van der Waals surface area contributed by atoms with Crippen LogP contribution in [0.3, 0.4) is 0 Å². The van der Waals surface area contributed by atoms with Crippen LogP contribution in [0.2, 0.25) is 0 Å². The minimum absolute atomic E-state index is 0.293. The van der Waals surface area contributed by atoms with Crippen molar-refractivity contribution in [3.8, 4) is 5.75 Å². The predicted octanol–water partition coefficient (Wildman–Crippen LogP) is 3.66. The van der Waals surface area contributed by atoms with Crippen LogP contribution in [-0.4, -0.2) is 23.0 Å². The van der Waals surface area contributed by atoms with Gasteiger partial charge < -0.3 is 14.0 Å². The van der Waals surface area contributed by atoms with Crippen molar-refractivity contribution in [3.05, 3.63) is 77.0 Å². The first kappa shape index (κ1) is 16.7. The molecule has 0 radical (unpaired) electrons. The molecule has 3 aromatic rings. The van der Waals surface area contributed by atoms with Gasteiger partial charge in [0.2, 0.25) is 6.39 Å². The molecule has 0 unspecified atom stereocenters. The van der Waals surface area contributed by atoms with Gasteiger partial charge in [0.25, 0.3) is 5.89 Å². The molecule has 0 saturated heterocycles. The first-order chi connectivity index (χ1) is 12.2. The molecule has 6 heteroatoms. The Labute approximate surface area is 146 Å². The van der Waals surface area contributed by atoms with Crippen LogP contribution in [0.25, 0.3) is 0 Å². The van der Waals surface area contributed by atoms with Crippen molar-refractivity contribution in [3.63, 3.8) is 0 Å². The Balaban J connectivity index is 1.90. The molecule has 25 heavy (non-hydrogen) atoms. The smallest absolute Gasteiger partial charge is 0.270 e. The molecule has 0 spiro atoms. The Morgan fingerprint density at radius 3 is 2.76 bits per heavy atom. The third kappa shape index (κ3) is 3.85. The number of rotatable bonds is 6. The van der Waals surface area contributed by atoms with Crippen molar-refractivity contribution in [2.75, 3.05) is 7.11 Å². The second-order valence-electron chi connectivity index (χ2n) is 5.58. The van der Waals surface area contributed by atoms with Crippen molar-refractivity contribution >= 4 is 5.71 Å². The Hall–Kier alpha value is -3.15. The summed E-state index contributed by atoms with van der Waals surface area (Å²) < 4.78 is 11.3. The number of benzene rings is 2. The molecule has 0 aliphatic carbocycles. The van der Waals surface area contributed by atoms with Gasteiger partial charge in [0.05, 0.1) is 0 Å². The van der Waals surface area contributed by atoms with Crippen LogP contribution >= 0.6 is 0 Å². The summed E-state index contributed by atoms with van der Waals surface area (Å²) in [6.45, 7) is 4.45. The Kier molecular flexibility index (Phi) is 5.09. The van der Waals surface area contributed by atoms with Crippen LogP contribution in [0.15, 0.2) is 58.4 Å². The Morgan fingerprint density at radius 1 is 1.16 bits per heavy atom. The first-order valence-corrected chi connectivity index (χ1v) is 7.85. The summed E-state index contributed by atoms with van der Waals surface area (Å²) >= 11 is 0. The lowest BCUT2D eigenvalue weighted by atomic mass is 10.0.